The van der Waals surface area contributed by atoms with E-state index >= 15 is 0 Å². The number of piperidine rings is 1. The van der Waals surface area contributed by atoms with Gasteiger partial charge in [0.15, 0.2) is 0 Å². The van der Waals surface area contributed by atoms with Crippen molar-refractivity contribution in [2.45, 2.75) is 65.1 Å². The molecule has 1 aromatic carbocycles. The van der Waals surface area contributed by atoms with Crippen LogP contribution in [0.2, 0.25) is 0 Å². The van der Waals surface area contributed by atoms with E-state index in [1.807, 2.05) is 50.8 Å². The third kappa shape index (κ3) is 5.32. The quantitative estimate of drug-likeness (QED) is 0.472. The average Bonchev–Trinajstić information content (AvgIpc) is 2.82. The molecule has 8 heteroatoms. The summed E-state index contributed by atoms with van der Waals surface area (Å²) in [6, 6.07) is 5.55. The van der Waals surface area contributed by atoms with Crippen LogP contribution in [0.3, 0.4) is 0 Å². The Morgan fingerprint density at radius 3 is 2.26 bits per heavy atom. The zero-order chi connectivity index (χ0) is 25.0. The molecular formula is C26H35N3O5. The van der Waals surface area contributed by atoms with Crippen LogP contribution in [0.25, 0.3) is 5.57 Å². The minimum absolute atomic E-state index is 0.000157. The van der Waals surface area contributed by atoms with E-state index in [0.717, 1.165) is 30.4 Å². The summed E-state index contributed by atoms with van der Waals surface area (Å²) in [6.07, 6.45) is 4.24. The molecule has 1 aromatic rings. The van der Waals surface area contributed by atoms with Gasteiger partial charge in [-0.05, 0) is 48.3 Å². The van der Waals surface area contributed by atoms with Crippen molar-refractivity contribution in [3.05, 3.63) is 41.5 Å². The third-order valence-electron chi connectivity index (χ3n) is 6.54. The highest BCUT2D eigenvalue weighted by molar-refractivity contribution is 6.07. The Hall–Kier alpha value is -3.16. The second-order valence-electron chi connectivity index (χ2n) is 9.64. The molecule has 2 N–H and O–H groups in total. The minimum Gasteiger partial charge on any atom is -0.467 e. The van der Waals surface area contributed by atoms with E-state index in [4.69, 9.17) is 4.74 Å². The van der Waals surface area contributed by atoms with Crippen molar-refractivity contribution in [2.75, 3.05) is 13.7 Å². The van der Waals surface area contributed by atoms with E-state index in [1.54, 1.807) is 6.07 Å². The van der Waals surface area contributed by atoms with Crippen molar-refractivity contribution in [3.63, 3.8) is 0 Å². The summed E-state index contributed by atoms with van der Waals surface area (Å²) in [4.78, 5) is 53.1. The molecule has 184 valence electrons. The Morgan fingerprint density at radius 1 is 1.00 bits per heavy atom. The van der Waals surface area contributed by atoms with Gasteiger partial charge < -0.3 is 20.3 Å². The topological polar surface area (TPSA) is 105 Å². The number of ether oxygens (including phenoxy) is 1. The summed E-state index contributed by atoms with van der Waals surface area (Å²) in [7, 11) is 1.28. The lowest BCUT2D eigenvalue weighted by molar-refractivity contribution is -0.146. The lowest BCUT2D eigenvalue weighted by atomic mass is 9.83. The number of fused-ring (bicyclic) bond motifs is 2. The molecule has 1 saturated heterocycles. The molecule has 2 aliphatic rings. The molecule has 3 rings (SSSR count). The molecule has 3 amide bonds. The first-order valence-electron chi connectivity index (χ1n) is 12.0. The van der Waals surface area contributed by atoms with Gasteiger partial charge in [0.2, 0.25) is 11.8 Å². The molecule has 3 atom stereocenters. The molecule has 1 fully saturated rings. The number of methoxy groups -OCH3 is 1. The summed E-state index contributed by atoms with van der Waals surface area (Å²) in [5.41, 5.74) is 2.16. The first-order valence-corrected chi connectivity index (χ1v) is 12.0. The van der Waals surface area contributed by atoms with E-state index < -0.39 is 29.9 Å². The van der Waals surface area contributed by atoms with Crippen molar-refractivity contribution in [2.24, 2.45) is 11.8 Å². The molecule has 0 bridgehead atoms. The van der Waals surface area contributed by atoms with Gasteiger partial charge in [-0.15, -0.1) is 0 Å². The van der Waals surface area contributed by atoms with Gasteiger partial charge in [-0.1, -0.05) is 45.9 Å². The first kappa shape index (κ1) is 25.5. The van der Waals surface area contributed by atoms with Crippen molar-refractivity contribution in [3.8, 4) is 0 Å². The zero-order valence-electron chi connectivity index (χ0n) is 20.6. The molecule has 0 aliphatic carbocycles. The van der Waals surface area contributed by atoms with Gasteiger partial charge in [-0.25, -0.2) is 4.79 Å². The first-order chi connectivity index (χ1) is 16.1. The fourth-order valence-electron chi connectivity index (χ4n) is 4.67. The minimum atomic E-state index is -0.835. The second kappa shape index (κ2) is 10.8. The van der Waals surface area contributed by atoms with E-state index in [-0.39, 0.29) is 23.8 Å². The normalized spacial score (nSPS) is 20.4. The Kier molecular flexibility index (Phi) is 8.12. The molecule has 0 radical (unpaired) electrons. The number of nitrogens with one attached hydrogen (secondary N) is 2. The number of benzene rings is 1. The van der Waals surface area contributed by atoms with E-state index in [2.05, 4.69) is 10.6 Å². The van der Waals surface area contributed by atoms with E-state index in [9.17, 15) is 19.2 Å². The average molecular weight is 470 g/mol. The highest BCUT2D eigenvalue weighted by atomic mass is 16.5. The van der Waals surface area contributed by atoms with Crippen LogP contribution in [0, 0.1) is 11.8 Å². The number of nitrogens with zero attached hydrogens (tertiary/aromatic N) is 1. The number of carbonyl (C=O) groups excluding carboxylic acids is 4. The lowest BCUT2D eigenvalue weighted by Gasteiger charge is -2.41. The fourth-order valence-corrected chi connectivity index (χ4v) is 4.67. The Bertz CT molecular complexity index is 984. The maximum absolute atomic E-state index is 13.1. The number of hydrogen-bond acceptors (Lipinski definition) is 5. The molecule has 0 aromatic heterocycles. The third-order valence-corrected chi connectivity index (χ3v) is 6.54. The zero-order valence-corrected chi connectivity index (χ0v) is 20.6. The number of carbonyl (C=O) groups is 4. The molecule has 0 unspecified atom stereocenters. The predicted octanol–water partition coefficient (Wildman–Crippen LogP) is 2.53. The number of hydrogen-bond donors (Lipinski definition) is 2. The van der Waals surface area contributed by atoms with Crippen molar-refractivity contribution < 1.29 is 23.9 Å². The SMILES string of the molecule is COC(=O)[C@@H](NC(=O)[C@H](NC(=O)/C=C1/c2ccccc2C(=O)N2CCCC[C@@H]12)C(C)C)C(C)C. The Labute approximate surface area is 201 Å². The monoisotopic (exact) mass is 469 g/mol. The van der Waals surface area contributed by atoms with Crippen molar-refractivity contribution >= 4 is 29.3 Å². The van der Waals surface area contributed by atoms with Gasteiger partial charge in [0, 0.05) is 18.2 Å². The predicted molar refractivity (Wildman–Crippen MR) is 129 cm³/mol. The van der Waals surface area contributed by atoms with Crippen LogP contribution in [0.4, 0.5) is 0 Å². The highest BCUT2D eigenvalue weighted by Crippen LogP contribution is 2.37. The van der Waals surface area contributed by atoms with Crippen LogP contribution in [0.5, 0.6) is 0 Å². The summed E-state index contributed by atoms with van der Waals surface area (Å²) in [5, 5.41) is 5.54. The maximum Gasteiger partial charge on any atom is 0.328 e. The largest absolute Gasteiger partial charge is 0.467 e. The second-order valence-corrected chi connectivity index (χ2v) is 9.64. The number of esters is 1. The van der Waals surface area contributed by atoms with E-state index in [1.165, 1.54) is 13.2 Å². The molecule has 2 heterocycles. The standard InChI is InChI=1S/C26H35N3O5/c1-15(2)22(24(31)28-23(16(3)4)26(33)34-5)27-21(30)14-19-17-10-6-7-11-18(17)25(32)29-13-9-8-12-20(19)29/h6-7,10-11,14-16,20,22-23H,8-9,12-13H2,1-5H3,(H,27,30)(H,28,31)/b19-14-/t20-,22+,23-/m0/s1. The molecule has 0 saturated carbocycles. The number of rotatable bonds is 7. The van der Waals surface area contributed by atoms with Crippen LogP contribution in [-0.4, -0.2) is 60.4 Å². The molecular weight excluding hydrogens is 434 g/mol. The molecule has 8 nitrogen and oxygen atoms in total. The van der Waals surface area contributed by atoms with Crippen LogP contribution < -0.4 is 10.6 Å². The van der Waals surface area contributed by atoms with Gasteiger partial charge >= 0.3 is 5.97 Å². The van der Waals surface area contributed by atoms with Crippen LogP contribution in [0.15, 0.2) is 30.3 Å². The van der Waals surface area contributed by atoms with Gasteiger partial charge in [-0.2, -0.15) is 0 Å². The van der Waals surface area contributed by atoms with Crippen LogP contribution >= 0.6 is 0 Å². The smallest absolute Gasteiger partial charge is 0.328 e. The highest BCUT2D eigenvalue weighted by Gasteiger charge is 2.38. The Balaban J connectivity index is 1.85. The molecule has 34 heavy (non-hydrogen) atoms. The van der Waals surface area contributed by atoms with Gasteiger partial charge in [0.1, 0.15) is 12.1 Å². The summed E-state index contributed by atoms with van der Waals surface area (Å²) in [5.74, 6) is -1.75. The van der Waals surface area contributed by atoms with Crippen molar-refractivity contribution in [1.82, 2.24) is 15.5 Å². The summed E-state index contributed by atoms with van der Waals surface area (Å²) >= 11 is 0. The molecule has 2 aliphatic heterocycles. The fraction of sp³-hybridized carbons (Fsp3) is 0.538. The van der Waals surface area contributed by atoms with E-state index in [0.29, 0.717) is 12.1 Å². The van der Waals surface area contributed by atoms with Gasteiger partial charge in [-0.3, -0.25) is 14.4 Å². The number of amides is 3. The van der Waals surface area contributed by atoms with Gasteiger partial charge in [0.05, 0.1) is 13.2 Å². The maximum atomic E-state index is 13.1. The Morgan fingerprint density at radius 2 is 1.65 bits per heavy atom. The molecule has 0 spiro atoms. The van der Waals surface area contributed by atoms with Crippen LogP contribution in [-0.2, 0) is 19.1 Å². The van der Waals surface area contributed by atoms with Crippen molar-refractivity contribution in [1.29, 1.82) is 0 Å². The lowest BCUT2D eigenvalue weighted by Crippen LogP contribution is -2.55. The van der Waals surface area contributed by atoms with Gasteiger partial charge in [0.25, 0.3) is 5.91 Å². The summed E-state index contributed by atoms with van der Waals surface area (Å²) < 4.78 is 4.81. The summed E-state index contributed by atoms with van der Waals surface area (Å²) in [6.45, 7) is 7.95. The van der Waals surface area contributed by atoms with Crippen LogP contribution in [0.1, 0.15) is 62.9 Å².